The molecule has 0 aliphatic rings. The van der Waals surface area contributed by atoms with Crippen LogP contribution >= 0.6 is 0 Å². The molecule has 0 saturated heterocycles. The Labute approximate surface area is 77.5 Å². The molecule has 0 unspecified atom stereocenters. The second kappa shape index (κ2) is 13.5. The van der Waals surface area contributed by atoms with Gasteiger partial charge in [0.1, 0.15) is 0 Å². The fraction of sp³-hybridized carbons (Fsp3) is 1.00. The quantitative estimate of drug-likeness (QED) is 0.555. The van der Waals surface area contributed by atoms with Crippen molar-refractivity contribution in [3.8, 4) is 0 Å². The van der Waals surface area contributed by atoms with Gasteiger partial charge in [-0.05, 0) is 13.0 Å². The van der Waals surface area contributed by atoms with Crippen LogP contribution in [0.1, 0.15) is 58.3 Å². The molecule has 2 heteroatoms. The molecule has 0 amide bonds. The number of rotatable bonds is 8. The van der Waals surface area contributed by atoms with E-state index in [0.717, 1.165) is 6.54 Å². The number of unbranched alkanes of at least 4 members (excludes halogenated alkanes) is 7. The summed E-state index contributed by atoms with van der Waals surface area (Å²) in [7, 11) is 0. The first kappa shape index (κ1) is 14.4. The van der Waals surface area contributed by atoms with Gasteiger partial charge in [-0.1, -0.05) is 51.9 Å². The van der Waals surface area contributed by atoms with E-state index in [0.29, 0.717) is 0 Å². The van der Waals surface area contributed by atoms with Crippen molar-refractivity contribution in [1.82, 2.24) is 6.15 Å². The molecule has 76 valence electrons. The van der Waals surface area contributed by atoms with Gasteiger partial charge >= 0.3 is 0 Å². The maximum Gasteiger partial charge on any atom is -0.00773 e. The zero-order chi connectivity index (χ0) is 8.36. The van der Waals surface area contributed by atoms with Crippen molar-refractivity contribution in [2.45, 2.75) is 58.3 Å². The summed E-state index contributed by atoms with van der Waals surface area (Å²) in [5.41, 5.74) is 5.39. The van der Waals surface area contributed by atoms with Gasteiger partial charge in [0.05, 0.1) is 0 Å². The Morgan fingerprint density at radius 1 is 0.750 bits per heavy atom. The van der Waals surface area contributed by atoms with Crippen molar-refractivity contribution in [2.75, 3.05) is 6.54 Å². The Balaban J connectivity index is 0. The van der Waals surface area contributed by atoms with E-state index in [-0.39, 0.29) is 6.15 Å². The Morgan fingerprint density at radius 3 is 1.58 bits per heavy atom. The third kappa shape index (κ3) is 12.6. The lowest BCUT2D eigenvalue weighted by molar-refractivity contribution is 0.578. The molecule has 0 fully saturated rings. The lowest BCUT2D eigenvalue weighted by atomic mass is 10.1. The van der Waals surface area contributed by atoms with E-state index >= 15 is 0 Å². The summed E-state index contributed by atoms with van der Waals surface area (Å²) < 4.78 is 0. The Kier molecular flexibility index (Phi) is 16.3. The van der Waals surface area contributed by atoms with E-state index in [9.17, 15) is 0 Å². The first-order valence-corrected chi connectivity index (χ1v) is 5.12. The van der Waals surface area contributed by atoms with Crippen LogP contribution in [-0.4, -0.2) is 6.54 Å². The summed E-state index contributed by atoms with van der Waals surface area (Å²) in [6.07, 6.45) is 11.0. The second-order valence-corrected chi connectivity index (χ2v) is 3.26. The zero-order valence-corrected chi connectivity index (χ0v) is 8.65. The largest absolute Gasteiger partial charge is 0.344 e. The van der Waals surface area contributed by atoms with Crippen molar-refractivity contribution in [3.05, 3.63) is 0 Å². The Hall–Kier alpha value is -0.0800. The molecule has 0 aliphatic heterocycles. The highest BCUT2D eigenvalue weighted by atomic mass is 14.5. The fourth-order valence-electron chi connectivity index (χ4n) is 1.28. The third-order valence-corrected chi connectivity index (χ3v) is 2.06. The monoisotopic (exact) mass is 174 g/mol. The van der Waals surface area contributed by atoms with Crippen LogP contribution in [0.3, 0.4) is 0 Å². The van der Waals surface area contributed by atoms with Crippen molar-refractivity contribution in [2.24, 2.45) is 5.73 Å². The highest BCUT2D eigenvalue weighted by Gasteiger charge is 1.89. The van der Waals surface area contributed by atoms with Crippen LogP contribution in [0.15, 0.2) is 0 Å². The molecular weight excluding hydrogens is 148 g/mol. The molecule has 0 radical (unpaired) electrons. The predicted octanol–water partition coefficient (Wildman–Crippen LogP) is 3.25. The van der Waals surface area contributed by atoms with Gasteiger partial charge in [0.25, 0.3) is 0 Å². The van der Waals surface area contributed by atoms with Crippen LogP contribution in [0.5, 0.6) is 0 Å². The molecule has 0 aliphatic carbocycles. The van der Waals surface area contributed by atoms with E-state index in [2.05, 4.69) is 6.92 Å². The van der Waals surface area contributed by atoms with Gasteiger partial charge in [0.2, 0.25) is 0 Å². The summed E-state index contributed by atoms with van der Waals surface area (Å²) in [5, 5.41) is 0. The van der Waals surface area contributed by atoms with Crippen LogP contribution in [0.2, 0.25) is 0 Å². The second-order valence-electron chi connectivity index (χ2n) is 3.26. The summed E-state index contributed by atoms with van der Waals surface area (Å²) >= 11 is 0. The minimum atomic E-state index is 0. The number of hydrogen-bond donors (Lipinski definition) is 2. The SMILES string of the molecule is CCCCCCCCCCN.N. The molecule has 12 heavy (non-hydrogen) atoms. The van der Waals surface area contributed by atoms with Crippen LogP contribution in [-0.2, 0) is 0 Å². The standard InChI is InChI=1S/C10H23N.H3N/c1-2-3-4-5-6-7-8-9-10-11;/h2-11H2,1H3;1H3. The van der Waals surface area contributed by atoms with Crippen molar-refractivity contribution in [1.29, 1.82) is 0 Å². The normalized spacial score (nSPS) is 9.50. The van der Waals surface area contributed by atoms with Gasteiger partial charge in [-0.3, -0.25) is 0 Å². The Bertz CT molecular complexity index is 56.9. The van der Waals surface area contributed by atoms with Crippen LogP contribution in [0.4, 0.5) is 0 Å². The third-order valence-electron chi connectivity index (χ3n) is 2.06. The van der Waals surface area contributed by atoms with Gasteiger partial charge in [-0.15, -0.1) is 0 Å². The lowest BCUT2D eigenvalue weighted by Gasteiger charge is -1.99. The van der Waals surface area contributed by atoms with Gasteiger partial charge < -0.3 is 11.9 Å². The Morgan fingerprint density at radius 2 is 1.17 bits per heavy atom. The first-order chi connectivity index (χ1) is 5.41. The van der Waals surface area contributed by atoms with Crippen LogP contribution < -0.4 is 11.9 Å². The van der Waals surface area contributed by atoms with E-state index in [1.165, 1.54) is 51.4 Å². The van der Waals surface area contributed by atoms with E-state index < -0.39 is 0 Å². The number of hydrogen-bond acceptors (Lipinski definition) is 2. The smallest absolute Gasteiger partial charge is 0.00773 e. The summed E-state index contributed by atoms with van der Waals surface area (Å²) in [6, 6.07) is 0. The van der Waals surface area contributed by atoms with Crippen molar-refractivity contribution >= 4 is 0 Å². The van der Waals surface area contributed by atoms with Crippen LogP contribution in [0.25, 0.3) is 0 Å². The molecule has 0 aromatic heterocycles. The predicted molar refractivity (Wildman–Crippen MR) is 56.7 cm³/mol. The average Bonchev–Trinajstić information content (AvgIpc) is 2.03. The molecule has 0 heterocycles. The first-order valence-electron chi connectivity index (χ1n) is 5.12. The van der Waals surface area contributed by atoms with E-state index in [1.54, 1.807) is 0 Å². The van der Waals surface area contributed by atoms with Crippen molar-refractivity contribution < 1.29 is 0 Å². The summed E-state index contributed by atoms with van der Waals surface area (Å²) in [4.78, 5) is 0. The molecule has 0 spiro atoms. The highest BCUT2D eigenvalue weighted by Crippen LogP contribution is 2.07. The molecule has 0 aromatic carbocycles. The molecule has 0 saturated carbocycles. The molecule has 0 aromatic rings. The lowest BCUT2D eigenvalue weighted by Crippen LogP contribution is -1.97. The van der Waals surface area contributed by atoms with Crippen LogP contribution in [0, 0.1) is 0 Å². The van der Waals surface area contributed by atoms with Gasteiger partial charge in [-0.25, -0.2) is 0 Å². The highest BCUT2D eigenvalue weighted by molar-refractivity contribution is 4.45. The molecule has 2 nitrogen and oxygen atoms in total. The van der Waals surface area contributed by atoms with E-state index in [4.69, 9.17) is 5.73 Å². The zero-order valence-electron chi connectivity index (χ0n) is 8.65. The summed E-state index contributed by atoms with van der Waals surface area (Å²) in [6.45, 7) is 3.13. The minimum Gasteiger partial charge on any atom is -0.344 e. The van der Waals surface area contributed by atoms with Gasteiger partial charge in [0.15, 0.2) is 0 Å². The molecule has 0 atom stereocenters. The van der Waals surface area contributed by atoms with Gasteiger partial charge in [0, 0.05) is 0 Å². The molecule has 0 rings (SSSR count). The maximum atomic E-state index is 5.39. The molecule has 0 bridgehead atoms. The fourth-order valence-corrected chi connectivity index (χ4v) is 1.28. The topological polar surface area (TPSA) is 61.0 Å². The molecule has 5 N–H and O–H groups in total. The number of nitrogens with two attached hydrogens (primary N) is 1. The van der Waals surface area contributed by atoms with Gasteiger partial charge in [-0.2, -0.15) is 0 Å². The molecular formula is C10H26N2. The maximum absolute atomic E-state index is 5.39. The summed E-state index contributed by atoms with van der Waals surface area (Å²) in [5.74, 6) is 0. The van der Waals surface area contributed by atoms with E-state index in [1.807, 2.05) is 0 Å². The average molecular weight is 174 g/mol. The van der Waals surface area contributed by atoms with Crippen molar-refractivity contribution in [3.63, 3.8) is 0 Å². The minimum absolute atomic E-state index is 0.